The van der Waals surface area contributed by atoms with Crippen LogP contribution in [0.25, 0.3) is 0 Å². The molecule has 0 spiro atoms. The van der Waals surface area contributed by atoms with Gasteiger partial charge in [-0.05, 0) is 44.7 Å². The molecule has 0 bridgehead atoms. The highest BCUT2D eigenvalue weighted by molar-refractivity contribution is 9.10. The van der Waals surface area contributed by atoms with E-state index in [1.54, 1.807) is 18.9 Å². The van der Waals surface area contributed by atoms with Gasteiger partial charge in [0.05, 0.1) is 12.6 Å². The molecule has 6 heteroatoms. The maximum absolute atomic E-state index is 12.1. The van der Waals surface area contributed by atoms with Crippen molar-refractivity contribution in [2.24, 2.45) is 0 Å². The molecular weight excluding hydrogens is 334 g/mol. The highest BCUT2D eigenvalue weighted by atomic mass is 79.9. The number of carbonyl (C=O) groups is 2. The van der Waals surface area contributed by atoms with Crippen molar-refractivity contribution in [2.45, 2.75) is 26.3 Å². The fraction of sp³-hybridized carbons (Fsp3) is 0.467. The molecule has 0 saturated carbocycles. The van der Waals surface area contributed by atoms with Gasteiger partial charge in [0.25, 0.3) is 0 Å². The van der Waals surface area contributed by atoms with Gasteiger partial charge in [-0.2, -0.15) is 0 Å². The molecule has 0 saturated heterocycles. The number of nitrogens with zero attached hydrogens (tertiary/aromatic N) is 1. The second-order valence-corrected chi connectivity index (χ2v) is 5.85. The van der Waals surface area contributed by atoms with Gasteiger partial charge in [-0.25, -0.2) is 0 Å². The summed E-state index contributed by atoms with van der Waals surface area (Å²) in [5.74, 6) is -0.203. The predicted molar refractivity (Wildman–Crippen MR) is 88.2 cm³/mol. The normalized spacial score (nSPS) is 12.0. The van der Waals surface area contributed by atoms with E-state index < -0.39 is 0 Å². The van der Waals surface area contributed by atoms with Gasteiger partial charge in [0.15, 0.2) is 0 Å². The second-order valence-electron chi connectivity index (χ2n) is 4.94. The van der Waals surface area contributed by atoms with Gasteiger partial charge in [0, 0.05) is 16.7 Å². The molecule has 116 valence electrons. The number of nitrogens with one attached hydrogen (secondary N) is 2. The third-order valence-electron chi connectivity index (χ3n) is 3.12. The van der Waals surface area contributed by atoms with Gasteiger partial charge in [-0.3, -0.25) is 14.5 Å². The van der Waals surface area contributed by atoms with Gasteiger partial charge in [-0.1, -0.05) is 22.9 Å². The van der Waals surface area contributed by atoms with Crippen LogP contribution < -0.4 is 10.6 Å². The summed E-state index contributed by atoms with van der Waals surface area (Å²) in [7, 11) is 1.76. The first-order valence-electron chi connectivity index (χ1n) is 6.97. The van der Waals surface area contributed by atoms with Crippen LogP contribution in [-0.2, 0) is 9.59 Å². The van der Waals surface area contributed by atoms with Crippen molar-refractivity contribution in [3.8, 4) is 0 Å². The van der Waals surface area contributed by atoms with Crippen LogP contribution in [0, 0.1) is 0 Å². The summed E-state index contributed by atoms with van der Waals surface area (Å²) in [6.07, 6.45) is 0.898. The molecule has 5 nitrogen and oxygen atoms in total. The Morgan fingerprint density at radius 2 is 1.90 bits per heavy atom. The van der Waals surface area contributed by atoms with Crippen molar-refractivity contribution in [1.29, 1.82) is 0 Å². The standard InChI is InChI=1S/C15H22BrN3O2/c1-4-9-17-14(20)10-19(3)11(2)15(21)18-13-7-5-12(16)6-8-13/h5-8,11H,4,9-10H2,1-3H3,(H,17,20)(H,18,21)/t11-/m1/s1. The number of carbonyl (C=O) groups excluding carboxylic acids is 2. The van der Waals surface area contributed by atoms with Crippen LogP contribution in [-0.4, -0.2) is 42.9 Å². The summed E-state index contributed by atoms with van der Waals surface area (Å²) in [6, 6.07) is 6.98. The van der Waals surface area contributed by atoms with E-state index in [9.17, 15) is 9.59 Å². The molecule has 1 rings (SSSR count). The molecule has 0 aliphatic heterocycles. The van der Waals surface area contributed by atoms with Crippen molar-refractivity contribution < 1.29 is 9.59 Å². The van der Waals surface area contributed by atoms with E-state index in [2.05, 4.69) is 26.6 Å². The molecule has 0 fully saturated rings. The van der Waals surface area contributed by atoms with Crippen LogP contribution in [0.4, 0.5) is 5.69 Å². The summed E-state index contributed by atoms with van der Waals surface area (Å²) in [5, 5.41) is 5.63. The van der Waals surface area contributed by atoms with Crippen molar-refractivity contribution in [2.75, 3.05) is 25.5 Å². The zero-order valence-electron chi connectivity index (χ0n) is 12.6. The molecule has 1 aromatic carbocycles. The van der Waals surface area contributed by atoms with E-state index in [-0.39, 0.29) is 24.4 Å². The van der Waals surface area contributed by atoms with E-state index in [4.69, 9.17) is 0 Å². The van der Waals surface area contributed by atoms with E-state index in [1.807, 2.05) is 31.2 Å². The van der Waals surface area contributed by atoms with Crippen molar-refractivity contribution >= 4 is 33.4 Å². The SMILES string of the molecule is CCCNC(=O)CN(C)[C@H](C)C(=O)Nc1ccc(Br)cc1. The first kappa shape index (κ1) is 17.7. The summed E-state index contributed by atoms with van der Waals surface area (Å²) in [5.41, 5.74) is 0.735. The van der Waals surface area contributed by atoms with Gasteiger partial charge in [0.2, 0.25) is 11.8 Å². The predicted octanol–water partition coefficient (Wildman–Crippen LogP) is 2.23. The molecule has 1 atom stereocenters. The average molecular weight is 356 g/mol. The Morgan fingerprint density at radius 3 is 2.48 bits per heavy atom. The van der Waals surface area contributed by atoms with Gasteiger partial charge < -0.3 is 10.6 Å². The summed E-state index contributed by atoms with van der Waals surface area (Å²) in [4.78, 5) is 25.5. The van der Waals surface area contributed by atoms with E-state index in [0.717, 1.165) is 16.6 Å². The molecule has 1 aromatic rings. The Labute approximate surface area is 134 Å². The lowest BCUT2D eigenvalue weighted by atomic mass is 10.2. The molecular formula is C15H22BrN3O2. The Balaban J connectivity index is 2.49. The maximum atomic E-state index is 12.1. The van der Waals surface area contributed by atoms with Gasteiger partial charge in [0.1, 0.15) is 0 Å². The Morgan fingerprint density at radius 1 is 1.29 bits per heavy atom. The van der Waals surface area contributed by atoms with Crippen LogP contribution in [0.5, 0.6) is 0 Å². The molecule has 0 aliphatic carbocycles. The van der Waals surface area contributed by atoms with E-state index in [0.29, 0.717) is 6.54 Å². The third kappa shape index (κ3) is 6.27. The monoisotopic (exact) mass is 355 g/mol. The minimum atomic E-state index is -0.388. The number of rotatable bonds is 7. The number of anilines is 1. The minimum absolute atomic E-state index is 0.0670. The lowest BCUT2D eigenvalue weighted by Crippen LogP contribution is -2.44. The van der Waals surface area contributed by atoms with Gasteiger partial charge >= 0.3 is 0 Å². The zero-order chi connectivity index (χ0) is 15.8. The number of hydrogen-bond donors (Lipinski definition) is 2. The Bertz CT molecular complexity index is 476. The van der Waals surface area contributed by atoms with Crippen molar-refractivity contribution in [1.82, 2.24) is 10.2 Å². The summed E-state index contributed by atoms with van der Waals surface area (Å²) >= 11 is 3.35. The minimum Gasteiger partial charge on any atom is -0.355 e. The largest absolute Gasteiger partial charge is 0.355 e. The van der Waals surface area contributed by atoms with E-state index in [1.165, 1.54) is 0 Å². The summed E-state index contributed by atoms with van der Waals surface area (Å²) in [6.45, 7) is 4.64. The first-order valence-corrected chi connectivity index (χ1v) is 7.76. The van der Waals surface area contributed by atoms with E-state index >= 15 is 0 Å². The van der Waals surface area contributed by atoms with Crippen LogP contribution >= 0.6 is 15.9 Å². The fourth-order valence-electron chi connectivity index (χ4n) is 1.66. The fourth-order valence-corrected chi connectivity index (χ4v) is 1.93. The van der Waals surface area contributed by atoms with Crippen LogP contribution in [0.2, 0.25) is 0 Å². The highest BCUT2D eigenvalue weighted by Crippen LogP contribution is 2.14. The molecule has 0 heterocycles. The van der Waals surface area contributed by atoms with Crippen molar-refractivity contribution in [3.05, 3.63) is 28.7 Å². The number of likely N-dealkylation sites (N-methyl/N-ethyl adjacent to an activating group) is 1. The number of halogens is 1. The molecule has 2 amide bonds. The van der Waals surface area contributed by atoms with Gasteiger partial charge in [-0.15, -0.1) is 0 Å². The smallest absolute Gasteiger partial charge is 0.241 e. The molecule has 0 aliphatic rings. The number of amides is 2. The Kier molecular flexibility index (Phi) is 7.39. The maximum Gasteiger partial charge on any atom is 0.241 e. The topological polar surface area (TPSA) is 61.4 Å². The van der Waals surface area contributed by atoms with Crippen LogP contribution in [0.3, 0.4) is 0 Å². The Hall–Kier alpha value is -1.40. The zero-order valence-corrected chi connectivity index (χ0v) is 14.2. The molecule has 21 heavy (non-hydrogen) atoms. The summed E-state index contributed by atoms with van der Waals surface area (Å²) < 4.78 is 0.957. The first-order chi connectivity index (χ1) is 9.93. The molecule has 0 unspecified atom stereocenters. The second kappa shape index (κ2) is 8.79. The molecule has 0 radical (unpaired) electrons. The van der Waals surface area contributed by atoms with Crippen molar-refractivity contribution in [3.63, 3.8) is 0 Å². The van der Waals surface area contributed by atoms with Crippen LogP contribution in [0.15, 0.2) is 28.7 Å². The number of benzene rings is 1. The lowest BCUT2D eigenvalue weighted by Gasteiger charge is -2.23. The average Bonchev–Trinajstić information content (AvgIpc) is 2.46. The molecule has 2 N–H and O–H groups in total. The third-order valence-corrected chi connectivity index (χ3v) is 3.65. The lowest BCUT2D eigenvalue weighted by molar-refractivity contribution is -0.124. The number of hydrogen-bond acceptors (Lipinski definition) is 3. The van der Waals surface area contributed by atoms with Crippen LogP contribution in [0.1, 0.15) is 20.3 Å². The highest BCUT2D eigenvalue weighted by Gasteiger charge is 2.19. The molecule has 0 aromatic heterocycles. The quantitative estimate of drug-likeness (QED) is 0.788.